The minimum absolute atomic E-state index is 0.794. The van der Waals surface area contributed by atoms with Crippen LogP contribution in [0.15, 0.2) is 22.3 Å². The maximum Gasteiger partial charge on any atom is 0.0550 e. The van der Waals surface area contributed by atoms with Gasteiger partial charge in [-0.15, -0.1) is 0 Å². The van der Waals surface area contributed by atoms with Gasteiger partial charge in [-0.3, -0.25) is 0 Å². The van der Waals surface area contributed by atoms with Crippen LogP contribution >= 0.6 is 0 Å². The molecule has 2 saturated carbocycles. The van der Waals surface area contributed by atoms with E-state index < -0.39 is 8.07 Å². The van der Waals surface area contributed by atoms with E-state index in [4.69, 9.17) is 0 Å². The fraction of sp³-hybridized carbons (Fsp3) is 0.846. The highest BCUT2D eigenvalue weighted by Crippen LogP contribution is 2.66. The molecule has 3 rings (SSSR count). The third-order valence-corrected chi connectivity index (χ3v) is 16.2. The van der Waals surface area contributed by atoms with Crippen molar-refractivity contribution in [2.75, 3.05) is 0 Å². The molecule has 0 saturated heterocycles. The Hall–Kier alpha value is -0.303. The van der Waals surface area contributed by atoms with Gasteiger partial charge < -0.3 is 0 Å². The summed E-state index contributed by atoms with van der Waals surface area (Å²) in [5, 5.41) is 0. The van der Waals surface area contributed by atoms with Crippen molar-refractivity contribution in [1.29, 1.82) is 0 Å². The zero-order valence-corrected chi connectivity index (χ0v) is 21.3. The summed E-state index contributed by atoms with van der Waals surface area (Å²) in [6, 6.07) is 0. The number of hydrogen-bond acceptors (Lipinski definition) is 0. The summed E-state index contributed by atoms with van der Waals surface area (Å²) < 4.78 is 0. The summed E-state index contributed by atoms with van der Waals surface area (Å²) in [7, 11) is -1.44. The molecule has 0 aromatic heterocycles. The van der Waals surface area contributed by atoms with Gasteiger partial charge in [-0.1, -0.05) is 65.8 Å². The first-order valence-corrected chi connectivity index (χ1v) is 14.9. The lowest BCUT2D eigenvalue weighted by Crippen LogP contribution is -2.46. The number of allylic oxidation sites excluding steroid dienone is 4. The van der Waals surface area contributed by atoms with Gasteiger partial charge in [0.1, 0.15) is 0 Å². The normalized spacial score (nSPS) is 48.4. The molecule has 1 heteroatoms. The van der Waals surface area contributed by atoms with Crippen LogP contribution in [0.25, 0.3) is 0 Å². The highest BCUT2D eigenvalue weighted by atomic mass is 28.3. The van der Waals surface area contributed by atoms with Crippen LogP contribution in [0.3, 0.4) is 0 Å². The average Bonchev–Trinajstić information content (AvgIpc) is 2.98. The lowest BCUT2D eigenvalue weighted by atomic mass is 9.72. The van der Waals surface area contributed by atoms with Crippen molar-refractivity contribution >= 4 is 8.07 Å². The summed E-state index contributed by atoms with van der Waals surface area (Å²) in [5.41, 5.74) is 8.56. The van der Waals surface area contributed by atoms with Crippen molar-refractivity contribution in [3.05, 3.63) is 22.3 Å². The molecule has 0 amide bonds. The number of rotatable bonds is 2. The van der Waals surface area contributed by atoms with Gasteiger partial charge in [-0.2, -0.15) is 0 Å². The fourth-order valence-electron chi connectivity index (χ4n) is 8.63. The van der Waals surface area contributed by atoms with E-state index in [2.05, 4.69) is 82.3 Å². The smallest absolute Gasteiger partial charge is 0.0550 e. The summed E-state index contributed by atoms with van der Waals surface area (Å²) in [6.07, 6.45) is 0. The molecule has 0 aromatic rings. The number of fused-ring (bicyclic) bond motifs is 1. The first kappa shape index (κ1) is 21.4. The molecule has 0 heterocycles. The molecule has 0 aliphatic heterocycles. The van der Waals surface area contributed by atoms with Gasteiger partial charge in [0.05, 0.1) is 8.07 Å². The van der Waals surface area contributed by atoms with Crippen molar-refractivity contribution in [3.63, 3.8) is 0 Å². The Bertz CT molecular complexity index is 652. The molecular formula is C26H46Si. The van der Waals surface area contributed by atoms with Crippen LogP contribution < -0.4 is 0 Å². The molecule has 3 aliphatic carbocycles. The van der Waals surface area contributed by atoms with E-state index in [1.54, 1.807) is 22.3 Å². The SMILES string of the molecule is CC1=C(C)C2C(C)C(C)C([Si](C)(C)C3C(C)C(C)C(C)C3C)C2C(C)=C1C. The Morgan fingerprint density at radius 1 is 0.481 bits per heavy atom. The summed E-state index contributed by atoms with van der Waals surface area (Å²) in [4.78, 5) is 0. The van der Waals surface area contributed by atoms with Gasteiger partial charge in [-0.05, 0) is 97.3 Å². The molecule has 0 nitrogen and oxygen atoms in total. The third-order valence-electron chi connectivity index (χ3n) is 10.8. The van der Waals surface area contributed by atoms with Crippen molar-refractivity contribution in [2.24, 2.45) is 47.3 Å². The van der Waals surface area contributed by atoms with Crippen molar-refractivity contribution < 1.29 is 0 Å². The zero-order valence-electron chi connectivity index (χ0n) is 20.3. The highest BCUT2D eigenvalue weighted by molar-refractivity contribution is 6.80. The second-order valence-corrected chi connectivity index (χ2v) is 16.7. The minimum Gasteiger partial charge on any atom is -0.0689 e. The molecule has 9 atom stereocenters. The third kappa shape index (κ3) is 2.81. The average molecular weight is 387 g/mol. The minimum atomic E-state index is -1.44. The highest BCUT2D eigenvalue weighted by Gasteiger charge is 2.60. The Balaban J connectivity index is 2.08. The molecule has 0 bridgehead atoms. The van der Waals surface area contributed by atoms with Crippen LogP contribution in [0, 0.1) is 47.3 Å². The maximum atomic E-state index is 2.79. The largest absolute Gasteiger partial charge is 0.0689 e. The monoisotopic (exact) mass is 386 g/mol. The van der Waals surface area contributed by atoms with Crippen LogP contribution in [-0.4, -0.2) is 8.07 Å². The lowest BCUT2D eigenvalue weighted by Gasteiger charge is -2.47. The summed E-state index contributed by atoms with van der Waals surface area (Å²) in [5.74, 6) is 6.84. The van der Waals surface area contributed by atoms with Gasteiger partial charge in [-0.25, -0.2) is 0 Å². The molecule has 0 spiro atoms. The first-order chi connectivity index (χ1) is 12.4. The maximum absolute atomic E-state index is 2.79. The quantitative estimate of drug-likeness (QED) is 0.419. The number of hydrogen-bond donors (Lipinski definition) is 0. The van der Waals surface area contributed by atoms with E-state index in [1.807, 2.05) is 0 Å². The van der Waals surface area contributed by atoms with E-state index in [9.17, 15) is 0 Å². The summed E-state index contributed by atoms with van der Waals surface area (Å²) in [6.45, 7) is 30.7. The molecule has 0 N–H and O–H groups in total. The Labute approximate surface area is 171 Å². The summed E-state index contributed by atoms with van der Waals surface area (Å²) >= 11 is 0. The van der Waals surface area contributed by atoms with E-state index in [0.29, 0.717) is 0 Å². The van der Waals surface area contributed by atoms with Crippen LogP contribution in [0.1, 0.15) is 69.2 Å². The second kappa shape index (κ2) is 6.89. The van der Waals surface area contributed by atoms with Gasteiger partial charge in [0.25, 0.3) is 0 Å². The van der Waals surface area contributed by atoms with Crippen LogP contribution in [0.5, 0.6) is 0 Å². The molecule has 154 valence electrons. The van der Waals surface area contributed by atoms with Crippen molar-refractivity contribution in [3.8, 4) is 0 Å². The second-order valence-electron chi connectivity index (χ2n) is 11.7. The van der Waals surface area contributed by atoms with E-state index in [0.717, 1.165) is 58.4 Å². The van der Waals surface area contributed by atoms with E-state index in [1.165, 1.54) is 0 Å². The lowest BCUT2D eigenvalue weighted by molar-refractivity contribution is 0.352. The Morgan fingerprint density at radius 3 is 1.30 bits per heavy atom. The topological polar surface area (TPSA) is 0 Å². The molecule has 27 heavy (non-hydrogen) atoms. The van der Waals surface area contributed by atoms with Gasteiger partial charge in [0.15, 0.2) is 0 Å². The fourth-order valence-corrected chi connectivity index (χ4v) is 15.4. The van der Waals surface area contributed by atoms with E-state index in [-0.39, 0.29) is 0 Å². The zero-order chi connectivity index (χ0) is 20.6. The molecule has 9 unspecified atom stereocenters. The first-order valence-electron chi connectivity index (χ1n) is 11.7. The van der Waals surface area contributed by atoms with Gasteiger partial charge in [0.2, 0.25) is 0 Å². The van der Waals surface area contributed by atoms with Crippen molar-refractivity contribution in [2.45, 2.75) is 93.4 Å². The predicted octanol–water partition coefficient (Wildman–Crippen LogP) is 8.20. The van der Waals surface area contributed by atoms with Crippen LogP contribution in [-0.2, 0) is 0 Å². The molecular weight excluding hydrogens is 340 g/mol. The van der Waals surface area contributed by atoms with Crippen LogP contribution in [0.2, 0.25) is 24.2 Å². The predicted molar refractivity (Wildman–Crippen MR) is 124 cm³/mol. The van der Waals surface area contributed by atoms with Gasteiger partial charge >= 0.3 is 0 Å². The van der Waals surface area contributed by atoms with Crippen molar-refractivity contribution in [1.82, 2.24) is 0 Å². The molecule has 0 radical (unpaired) electrons. The molecule has 2 fully saturated rings. The Morgan fingerprint density at radius 2 is 0.852 bits per heavy atom. The molecule has 0 aromatic carbocycles. The van der Waals surface area contributed by atoms with Crippen LogP contribution in [0.4, 0.5) is 0 Å². The van der Waals surface area contributed by atoms with Gasteiger partial charge in [0, 0.05) is 0 Å². The molecule has 3 aliphatic rings. The van der Waals surface area contributed by atoms with E-state index >= 15 is 0 Å². The Kier molecular flexibility index (Phi) is 5.46. The standard InChI is InChI=1S/C26H46Si/c1-13-14(2)18(6)24-23(17(13)5)19(7)22(10)26(24)27(11,12)25-20(8)15(3)16(4)21(25)9/h15-16,19-26H,1-12H3.